The van der Waals surface area contributed by atoms with E-state index in [1.807, 2.05) is 25.2 Å². The molecule has 1 heterocycles. The Morgan fingerprint density at radius 2 is 2.38 bits per heavy atom. The molecule has 1 aromatic carbocycles. The van der Waals surface area contributed by atoms with Crippen molar-refractivity contribution in [1.82, 2.24) is 0 Å². The first-order valence-electron chi connectivity index (χ1n) is 4.44. The molecule has 0 aromatic heterocycles. The van der Waals surface area contributed by atoms with Crippen molar-refractivity contribution in [3.63, 3.8) is 0 Å². The summed E-state index contributed by atoms with van der Waals surface area (Å²) in [4.78, 5) is 0. The molecule has 1 atom stereocenters. The molecule has 3 nitrogen and oxygen atoms in total. The van der Waals surface area contributed by atoms with Gasteiger partial charge in [0.1, 0.15) is 5.75 Å². The Labute approximate surface area is 77.3 Å². The third-order valence-corrected chi connectivity index (χ3v) is 2.31. The van der Waals surface area contributed by atoms with Gasteiger partial charge in [0.25, 0.3) is 0 Å². The topological polar surface area (TPSA) is 41.5 Å². The molecule has 0 radical (unpaired) electrons. The van der Waals surface area contributed by atoms with E-state index in [0.717, 1.165) is 17.0 Å². The number of fused-ring (bicyclic) bond motifs is 1. The lowest BCUT2D eigenvalue weighted by atomic mass is 10.0. The molecule has 1 aliphatic rings. The predicted octanol–water partition coefficient (Wildman–Crippen LogP) is 1.54. The van der Waals surface area contributed by atoms with Gasteiger partial charge in [-0.25, -0.2) is 0 Å². The lowest BCUT2D eigenvalue weighted by molar-refractivity contribution is 0.115. The van der Waals surface area contributed by atoms with Crippen LogP contribution in [0.3, 0.4) is 0 Å². The van der Waals surface area contributed by atoms with E-state index in [-0.39, 0.29) is 6.10 Å². The van der Waals surface area contributed by atoms with Crippen LogP contribution < -0.4 is 10.1 Å². The summed E-state index contributed by atoms with van der Waals surface area (Å²) in [6.07, 6.45) is 0.303. The molecular weight excluding hydrogens is 166 g/mol. The van der Waals surface area contributed by atoms with Crippen LogP contribution in [0.15, 0.2) is 18.2 Å². The molecule has 1 unspecified atom stereocenters. The minimum atomic E-state index is -0.378. The first-order valence-corrected chi connectivity index (χ1v) is 4.44. The maximum absolute atomic E-state index is 9.67. The van der Waals surface area contributed by atoms with Crippen LogP contribution in [-0.2, 0) is 0 Å². The average Bonchev–Trinajstić information content (AvgIpc) is 2.18. The third kappa shape index (κ3) is 1.47. The first kappa shape index (κ1) is 8.38. The van der Waals surface area contributed by atoms with Crippen LogP contribution in [0.1, 0.15) is 18.1 Å². The lowest BCUT2D eigenvalue weighted by Gasteiger charge is -2.22. The van der Waals surface area contributed by atoms with Crippen molar-refractivity contribution in [2.45, 2.75) is 12.5 Å². The Kier molecular flexibility index (Phi) is 2.10. The number of hydrogen-bond acceptors (Lipinski definition) is 3. The molecule has 2 rings (SSSR count). The Balaban J connectivity index is 2.41. The van der Waals surface area contributed by atoms with Gasteiger partial charge < -0.3 is 15.2 Å². The summed E-state index contributed by atoms with van der Waals surface area (Å²) in [7, 11) is 1.86. The summed E-state index contributed by atoms with van der Waals surface area (Å²) < 4.78 is 5.41. The van der Waals surface area contributed by atoms with Gasteiger partial charge in [-0.2, -0.15) is 0 Å². The van der Waals surface area contributed by atoms with Gasteiger partial charge in [0.15, 0.2) is 0 Å². The molecular formula is C10H13NO2. The molecule has 0 amide bonds. The molecule has 3 heteroatoms. The second-order valence-electron chi connectivity index (χ2n) is 3.16. The van der Waals surface area contributed by atoms with Crippen molar-refractivity contribution in [2.75, 3.05) is 19.0 Å². The summed E-state index contributed by atoms with van der Waals surface area (Å²) in [6.45, 7) is 0.604. The van der Waals surface area contributed by atoms with Crippen molar-refractivity contribution < 1.29 is 9.84 Å². The average molecular weight is 179 g/mol. The zero-order valence-corrected chi connectivity index (χ0v) is 7.58. The fraction of sp³-hybridized carbons (Fsp3) is 0.400. The minimum absolute atomic E-state index is 0.378. The highest BCUT2D eigenvalue weighted by Gasteiger charge is 2.18. The normalized spacial score (nSPS) is 20.3. The number of ether oxygens (including phenoxy) is 1. The van der Waals surface area contributed by atoms with Gasteiger partial charge in [-0.3, -0.25) is 0 Å². The minimum Gasteiger partial charge on any atom is -0.493 e. The SMILES string of the molecule is CNc1ccc2c(c1)C(O)CCO2. The lowest BCUT2D eigenvalue weighted by Crippen LogP contribution is -2.13. The van der Waals surface area contributed by atoms with E-state index in [1.165, 1.54) is 0 Å². The highest BCUT2D eigenvalue weighted by molar-refractivity contribution is 5.52. The van der Waals surface area contributed by atoms with Crippen LogP contribution in [0.25, 0.3) is 0 Å². The number of hydrogen-bond donors (Lipinski definition) is 2. The summed E-state index contributed by atoms with van der Waals surface area (Å²) in [5.41, 5.74) is 1.89. The zero-order chi connectivity index (χ0) is 9.26. The van der Waals surface area contributed by atoms with Gasteiger partial charge in [0, 0.05) is 24.7 Å². The van der Waals surface area contributed by atoms with Crippen LogP contribution in [0.2, 0.25) is 0 Å². The largest absolute Gasteiger partial charge is 0.493 e. The fourth-order valence-electron chi connectivity index (χ4n) is 1.53. The van der Waals surface area contributed by atoms with Crippen molar-refractivity contribution in [2.24, 2.45) is 0 Å². The Hall–Kier alpha value is -1.22. The molecule has 2 N–H and O–H groups in total. The van der Waals surface area contributed by atoms with Crippen molar-refractivity contribution in [3.05, 3.63) is 23.8 Å². The Bertz CT molecular complexity index is 312. The highest BCUT2D eigenvalue weighted by atomic mass is 16.5. The quantitative estimate of drug-likeness (QED) is 0.687. The van der Waals surface area contributed by atoms with E-state index < -0.39 is 0 Å². The van der Waals surface area contributed by atoms with E-state index in [9.17, 15) is 5.11 Å². The van der Waals surface area contributed by atoms with Gasteiger partial charge in [-0.05, 0) is 18.2 Å². The van der Waals surface area contributed by atoms with Gasteiger partial charge in [-0.15, -0.1) is 0 Å². The van der Waals surface area contributed by atoms with Crippen LogP contribution >= 0.6 is 0 Å². The fourth-order valence-corrected chi connectivity index (χ4v) is 1.53. The van der Waals surface area contributed by atoms with Crippen LogP contribution in [0, 0.1) is 0 Å². The van der Waals surface area contributed by atoms with Crippen LogP contribution in [-0.4, -0.2) is 18.8 Å². The Morgan fingerprint density at radius 1 is 1.54 bits per heavy atom. The van der Waals surface area contributed by atoms with Gasteiger partial charge in [0.2, 0.25) is 0 Å². The van der Waals surface area contributed by atoms with Gasteiger partial charge in [0.05, 0.1) is 12.7 Å². The monoisotopic (exact) mass is 179 g/mol. The predicted molar refractivity (Wildman–Crippen MR) is 51.1 cm³/mol. The number of anilines is 1. The van der Waals surface area contributed by atoms with Crippen molar-refractivity contribution in [3.8, 4) is 5.75 Å². The maximum atomic E-state index is 9.67. The van der Waals surface area contributed by atoms with E-state index in [0.29, 0.717) is 13.0 Å². The third-order valence-electron chi connectivity index (χ3n) is 2.31. The van der Waals surface area contributed by atoms with Crippen molar-refractivity contribution >= 4 is 5.69 Å². The Morgan fingerprint density at radius 3 is 3.15 bits per heavy atom. The first-order chi connectivity index (χ1) is 6.31. The molecule has 70 valence electrons. The second kappa shape index (κ2) is 3.26. The summed E-state index contributed by atoms with van der Waals surface area (Å²) in [5.74, 6) is 0.803. The van der Waals surface area contributed by atoms with Crippen LogP contribution in [0.5, 0.6) is 5.75 Å². The number of nitrogens with one attached hydrogen (secondary N) is 1. The number of aliphatic hydroxyl groups excluding tert-OH is 1. The molecule has 0 fully saturated rings. The molecule has 13 heavy (non-hydrogen) atoms. The molecule has 0 bridgehead atoms. The summed E-state index contributed by atoms with van der Waals surface area (Å²) in [6, 6.07) is 5.76. The van der Waals surface area contributed by atoms with Gasteiger partial charge >= 0.3 is 0 Å². The molecule has 1 aromatic rings. The number of rotatable bonds is 1. The van der Waals surface area contributed by atoms with E-state index in [4.69, 9.17) is 4.74 Å². The molecule has 0 spiro atoms. The van der Waals surface area contributed by atoms with Crippen molar-refractivity contribution in [1.29, 1.82) is 0 Å². The smallest absolute Gasteiger partial charge is 0.125 e. The molecule has 0 saturated heterocycles. The standard InChI is InChI=1S/C10H13NO2/c1-11-7-2-3-10-8(6-7)9(12)4-5-13-10/h2-3,6,9,11-12H,4-5H2,1H3. The maximum Gasteiger partial charge on any atom is 0.125 e. The van der Waals surface area contributed by atoms with Gasteiger partial charge in [-0.1, -0.05) is 0 Å². The number of aliphatic hydroxyl groups is 1. The molecule has 0 saturated carbocycles. The molecule has 1 aliphatic heterocycles. The zero-order valence-electron chi connectivity index (χ0n) is 7.58. The van der Waals surface area contributed by atoms with E-state index in [1.54, 1.807) is 0 Å². The van der Waals surface area contributed by atoms with E-state index >= 15 is 0 Å². The summed E-state index contributed by atoms with van der Waals surface area (Å²) >= 11 is 0. The highest BCUT2D eigenvalue weighted by Crippen LogP contribution is 2.33. The number of benzene rings is 1. The second-order valence-corrected chi connectivity index (χ2v) is 3.16. The molecule has 0 aliphatic carbocycles. The van der Waals surface area contributed by atoms with Crippen LogP contribution in [0.4, 0.5) is 5.69 Å². The summed E-state index contributed by atoms with van der Waals surface area (Å²) in [5, 5.41) is 12.7. The van der Waals surface area contributed by atoms with E-state index in [2.05, 4.69) is 5.32 Å².